The highest BCUT2D eigenvalue weighted by Crippen LogP contribution is 2.30. The van der Waals surface area contributed by atoms with Crippen LogP contribution in [0.1, 0.15) is 17.4 Å². The van der Waals surface area contributed by atoms with Crippen LogP contribution in [0, 0.1) is 0 Å². The first kappa shape index (κ1) is 16.8. The Bertz CT molecular complexity index is 827. The first-order valence-electron chi connectivity index (χ1n) is 7.12. The van der Waals surface area contributed by atoms with Crippen LogP contribution in [0.2, 0.25) is 10.0 Å². The predicted octanol–water partition coefficient (Wildman–Crippen LogP) is 5.71. The van der Waals surface area contributed by atoms with Gasteiger partial charge in [0.25, 0.3) is 0 Å². The van der Waals surface area contributed by atoms with Gasteiger partial charge in [-0.2, -0.15) is 0 Å². The van der Waals surface area contributed by atoms with E-state index >= 15 is 0 Å². The van der Waals surface area contributed by atoms with Crippen molar-refractivity contribution in [3.05, 3.63) is 50.1 Å². The lowest BCUT2D eigenvalue weighted by Gasteiger charge is -2.04. The molecule has 2 heterocycles. The smallest absolute Gasteiger partial charge is 0.191 e. The number of aryl methyl sites for hydroxylation is 1. The maximum atomic E-state index is 6.05. The molecule has 0 unspecified atom stereocenters. The molecule has 7 heteroatoms. The van der Waals surface area contributed by atoms with Gasteiger partial charge < -0.3 is 4.57 Å². The summed E-state index contributed by atoms with van der Waals surface area (Å²) in [6, 6.07) is 7.87. The van der Waals surface area contributed by atoms with Crippen molar-refractivity contribution in [2.75, 3.05) is 0 Å². The van der Waals surface area contributed by atoms with E-state index in [-0.39, 0.29) is 0 Å². The molecule has 23 heavy (non-hydrogen) atoms. The molecule has 120 valence electrons. The van der Waals surface area contributed by atoms with Crippen LogP contribution < -0.4 is 0 Å². The third kappa shape index (κ3) is 3.74. The van der Waals surface area contributed by atoms with Crippen molar-refractivity contribution < 1.29 is 0 Å². The van der Waals surface area contributed by atoms with Gasteiger partial charge in [-0.25, -0.2) is 0 Å². The summed E-state index contributed by atoms with van der Waals surface area (Å²) in [6.07, 6.45) is 1.04. The summed E-state index contributed by atoms with van der Waals surface area (Å²) in [4.78, 5) is 1.35. The van der Waals surface area contributed by atoms with Gasteiger partial charge in [0.2, 0.25) is 0 Å². The average molecular weight is 384 g/mol. The Labute approximate surface area is 153 Å². The third-order valence-corrected chi connectivity index (χ3v) is 6.36. The molecule has 0 aliphatic carbocycles. The van der Waals surface area contributed by atoms with E-state index in [2.05, 4.69) is 28.6 Å². The third-order valence-electron chi connectivity index (χ3n) is 3.45. The van der Waals surface area contributed by atoms with E-state index in [4.69, 9.17) is 23.2 Å². The summed E-state index contributed by atoms with van der Waals surface area (Å²) < 4.78 is 2.03. The molecular weight excluding hydrogens is 369 g/mol. The van der Waals surface area contributed by atoms with Crippen molar-refractivity contribution >= 4 is 46.3 Å². The van der Waals surface area contributed by atoms with Crippen LogP contribution in [0.25, 0.3) is 11.4 Å². The van der Waals surface area contributed by atoms with Crippen molar-refractivity contribution in [1.29, 1.82) is 0 Å². The minimum atomic E-state index is 0.575. The molecule has 0 saturated carbocycles. The van der Waals surface area contributed by atoms with Crippen molar-refractivity contribution in [1.82, 2.24) is 14.8 Å². The van der Waals surface area contributed by atoms with Gasteiger partial charge >= 0.3 is 0 Å². The zero-order chi connectivity index (χ0) is 16.4. The van der Waals surface area contributed by atoms with Crippen molar-refractivity contribution in [2.45, 2.75) is 24.3 Å². The Hall–Kier alpha value is -1.01. The number of hydrogen-bond donors (Lipinski definition) is 0. The van der Waals surface area contributed by atoms with E-state index < -0.39 is 0 Å². The lowest BCUT2D eigenvalue weighted by atomic mass is 10.2. The summed E-state index contributed by atoms with van der Waals surface area (Å²) >= 11 is 15.4. The number of aromatic nitrogens is 3. The van der Waals surface area contributed by atoms with E-state index in [1.165, 1.54) is 4.88 Å². The highest BCUT2D eigenvalue weighted by Gasteiger charge is 2.13. The van der Waals surface area contributed by atoms with Crippen LogP contribution in [0.5, 0.6) is 0 Å². The maximum absolute atomic E-state index is 6.05. The van der Waals surface area contributed by atoms with E-state index in [1.54, 1.807) is 23.1 Å². The molecule has 0 spiro atoms. The number of rotatable bonds is 5. The zero-order valence-electron chi connectivity index (χ0n) is 12.7. The molecule has 0 radical (unpaired) electrons. The Kier molecular flexibility index (Phi) is 5.31. The molecule has 0 aliphatic heterocycles. The topological polar surface area (TPSA) is 30.7 Å². The maximum Gasteiger partial charge on any atom is 0.191 e. The number of thiophene rings is 1. The fourth-order valence-electron chi connectivity index (χ4n) is 2.15. The SMILES string of the molecule is CCc1cc(-c2nnc(SCc3ccc(Cl)c(Cl)c3)n2C)cs1. The molecular formula is C16H15Cl2N3S2. The van der Waals surface area contributed by atoms with Crippen LogP contribution in [-0.2, 0) is 19.2 Å². The number of halogens is 2. The lowest BCUT2D eigenvalue weighted by Crippen LogP contribution is -1.94. The molecule has 0 N–H and O–H groups in total. The summed E-state index contributed by atoms with van der Waals surface area (Å²) in [5, 5.41) is 12.8. The molecule has 0 aliphatic rings. The van der Waals surface area contributed by atoms with E-state index in [0.717, 1.165) is 34.3 Å². The Morgan fingerprint density at radius 2 is 2.00 bits per heavy atom. The minimum Gasteiger partial charge on any atom is -0.305 e. The first-order chi connectivity index (χ1) is 11.1. The predicted molar refractivity (Wildman–Crippen MR) is 99.7 cm³/mol. The zero-order valence-corrected chi connectivity index (χ0v) is 15.9. The second-order valence-electron chi connectivity index (χ2n) is 5.06. The number of nitrogens with zero attached hydrogens (tertiary/aromatic N) is 3. The largest absolute Gasteiger partial charge is 0.305 e. The minimum absolute atomic E-state index is 0.575. The van der Waals surface area contributed by atoms with Crippen LogP contribution >= 0.6 is 46.3 Å². The summed E-state index contributed by atoms with van der Waals surface area (Å²) in [6.45, 7) is 2.16. The standard InChI is InChI=1S/C16H15Cl2N3S2/c1-3-12-7-11(9-22-12)15-19-20-16(21(15)2)23-8-10-4-5-13(17)14(18)6-10/h4-7,9H,3,8H2,1-2H3. The van der Waals surface area contributed by atoms with Crippen LogP contribution in [0.3, 0.4) is 0 Å². The van der Waals surface area contributed by atoms with Gasteiger partial charge in [0.15, 0.2) is 11.0 Å². The molecule has 2 aromatic heterocycles. The first-order valence-corrected chi connectivity index (χ1v) is 9.74. The molecule has 0 fully saturated rings. The van der Waals surface area contributed by atoms with E-state index in [9.17, 15) is 0 Å². The summed E-state index contributed by atoms with van der Waals surface area (Å²) in [5.74, 6) is 1.67. The number of hydrogen-bond acceptors (Lipinski definition) is 4. The van der Waals surface area contributed by atoms with Gasteiger partial charge in [-0.05, 0) is 30.2 Å². The average Bonchev–Trinajstić information content (AvgIpc) is 3.15. The van der Waals surface area contributed by atoms with Crippen LogP contribution in [0.4, 0.5) is 0 Å². The highest BCUT2D eigenvalue weighted by atomic mass is 35.5. The molecule has 1 aromatic carbocycles. The Morgan fingerprint density at radius 3 is 2.70 bits per heavy atom. The molecule has 0 saturated heterocycles. The van der Waals surface area contributed by atoms with E-state index in [1.807, 2.05) is 29.8 Å². The fraction of sp³-hybridized carbons (Fsp3) is 0.250. The number of thioether (sulfide) groups is 1. The lowest BCUT2D eigenvalue weighted by molar-refractivity contribution is 0.794. The van der Waals surface area contributed by atoms with Crippen molar-refractivity contribution in [2.24, 2.45) is 7.05 Å². The second-order valence-corrected chi connectivity index (χ2v) is 7.81. The van der Waals surface area contributed by atoms with Gasteiger partial charge in [0, 0.05) is 28.6 Å². The van der Waals surface area contributed by atoms with Crippen LogP contribution in [-0.4, -0.2) is 14.8 Å². The summed E-state index contributed by atoms with van der Waals surface area (Å²) in [7, 11) is 2.00. The highest BCUT2D eigenvalue weighted by molar-refractivity contribution is 7.98. The molecule has 0 bridgehead atoms. The van der Waals surface area contributed by atoms with E-state index in [0.29, 0.717) is 10.0 Å². The second kappa shape index (κ2) is 7.26. The molecule has 0 atom stereocenters. The number of benzene rings is 1. The normalized spacial score (nSPS) is 11.1. The van der Waals surface area contributed by atoms with Gasteiger partial charge in [0.1, 0.15) is 0 Å². The van der Waals surface area contributed by atoms with Crippen LogP contribution in [0.15, 0.2) is 34.8 Å². The fourth-order valence-corrected chi connectivity index (χ4v) is 4.14. The van der Waals surface area contributed by atoms with Gasteiger partial charge in [0.05, 0.1) is 10.0 Å². The molecule has 3 aromatic rings. The molecule has 3 rings (SSSR count). The monoisotopic (exact) mass is 383 g/mol. The quantitative estimate of drug-likeness (QED) is 0.528. The van der Waals surface area contributed by atoms with Gasteiger partial charge in [-0.15, -0.1) is 21.5 Å². The molecule has 0 amide bonds. The Morgan fingerprint density at radius 1 is 1.17 bits per heavy atom. The Balaban J connectivity index is 1.75. The van der Waals surface area contributed by atoms with Gasteiger partial charge in [-0.1, -0.05) is 48.0 Å². The molecule has 3 nitrogen and oxygen atoms in total. The summed E-state index contributed by atoms with van der Waals surface area (Å²) in [5.41, 5.74) is 2.24. The van der Waals surface area contributed by atoms with Crippen molar-refractivity contribution in [3.8, 4) is 11.4 Å². The van der Waals surface area contributed by atoms with Gasteiger partial charge in [-0.3, -0.25) is 0 Å². The van der Waals surface area contributed by atoms with Crippen molar-refractivity contribution in [3.63, 3.8) is 0 Å².